The highest BCUT2D eigenvalue weighted by Gasteiger charge is 2.17. The van der Waals surface area contributed by atoms with Crippen molar-refractivity contribution in [2.45, 2.75) is 26.7 Å². The van der Waals surface area contributed by atoms with Crippen molar-refractivity contribution in [2.75, 3.05) is 0 Å². The lowest BCUT2D eigenvalue weighted by Crippen LogP contribution is -2.23. The summed E-state index contributed by atoms with van der Waals surface area (Å²) < 4.78 is 35.1. The number of carbonyl (C=O) groups is 1. The average Bonchev–Trinajstić information content (AvgIpc) is 3.07. The first-order valence-corrected chi connectivity index (χ1v) is 9.77. The molecule has 1 amide bonds. The van der Waals surface area contributed by atoms with E-state index in [1.165, 1.54) is 17.4 Å². The number of rotatable bonds is 8. The highest BCUT2D eigenvalue weighted by Crippen LogP contribution is 2.23. The van der Waals surface area contributed by atoms with Gasteiger partial charge in [-0.15, -0.1) is 11.3 Å². The van der Waals surface area contributed by atoms with Crippen LogP contribution in [-0.2, 0) is 13.2 Å². The Morgan fingerprint density at radius 3 is 2.66 bits per heavy atom. The minimum Gasteiger partial charge on any atom is -0.486 e. The molecule has 3 rings (SSSR count). The van der Waals surface area contributed by atoms with Crippen LogP contribution >= 0.6 is 22.9 Å². The van der Waals surface area contributed by atoms with E-state index in [4.69, 9.17) is 16.3 Å². The second-order valence-electron chi connectivity index (χ2n) is 5.93. The zero-order valence-electron chi connectivity index (χ0n) is 15.3. The molecule has 1 N–H and O–H groups in total. The normalized spacial score (nSPS) is 10.8. The molecule has 3 aromatic rings. The van der Waals surface area contributed by atoms with Crippen LogP contribution in [0.4, 0.5) is 8.78 Å². The summed E-state index contributed by atoms with van der Waals surface area (Å²) in [6.45, 7) is -0.939. The summed E-state index contributed by atoms with van der Waals surface area (Å²) in [5.41, 5.74) is 1.02. The van der Waals surface area contributed by atoms with Gasteiger partial charge in [-0.2, -0.15) is 8.78 Å². The number of amides is 1. The predicted octanol–water partition coefficient (Wildman–Crippen LogP) is 5.22. The lowest BCUT2D eigenvalue weighted by Gasteiger charge is -2.11. The minimum atomic E-state index is -2.93. The standard InChI is InChI=1S/C20H17ClF2N2O3S/c1-12-18(29-17(25-12)11-27-15-8-6-14(21)7-9-15)19(26)24-10-13-4-2-3-5-16(13)28-20(22)23/h2-9,20H,10-11H2,1H3,(H,24,26). The third-order valence-electron chi connectivity index (χ3n) is 3.85. The van der Waals surface area contributed by atoms with Gasteiger partial charge < -0.3 is 14.8 Å². The first-order valence-electron chi connectivity index (χ1n) is 8.58. The number of aryl methyl sites for hydroxylation is 1. The van der Waals surface area contributed by atoms with Gasteiger partial charge in [0.25, 0.3) is 5.91 Å². The third kappa shape index (κ3) is 5.88. The monoisotopic (exact) mass is 438 g/mol. The quantitative estimate of drug-likeness (QED) is 0.524. The van der Waals surface area contributed by atoms with Gasteiger partial charge in [0.15, 0.2) is 0 Å². The summed E-state index contributed by atoms with van der Waals surface area (Å²) in [6.07, 6.45) is 0. The molecule has 0 fully saturated rings. The van der Waals surface area contributed by atoms with Crippen molar-refractivity contribution in [3.63, 3.8) is 0 Å². The molecule has 0 aliphatic rings. The predicted molar refractivity (Wildman–Crippen MR) is 107 cm³/mol. The van der Waals surface area contributed by atoms with Crippen LogP contribution in [0.25, 0.3) is 0 Å². The highest BCUT2D eigenvalue weighted by molar-refractivity contribution is 7.13. The van der Waals surface area contributed by atoms with Crippen molar-refractivity contribution in [3.8, 4) is 11.5 Å². The number of para-hydroxylation sites is 1. The highest BCUT2D eigenvalue weighted by atomic mass is 35.5. The van der Waals surface area contributed by atoms with Crippen LogP contribution in [-0.4, -0.2) is 17.5 Å². The van der Waals surface area contributed by atoms with E-state index in [0.29, 0.717) is 31.9 Å². The fraction of sp³-hybridized carbons (Fsp3) is 0.200. The van der Waals surface area contributed by atoms with Crippen LogP contribution in [0, 0.1) is 6.92 Å². The summed E-state index contributed by atoms with van der Waals surface area (Å²) in [6, 6.07) is 13.2. The first-order chi connectivity index (χ1) is 13.9. The van der Waals surface area contributed by atoms with Crippen LogP contribution in [0.5, 0.6) is 11.5 Å². The van der Waals surface area contributed by atoms with Crippen molar-refractivity contribution in [1.29, 1.82) is 0 Å². The average molecular weight is 439 g/mol. The van der Waals surface area contributed by atoms with Gasteiger partial charge in [-0.3, -0.25) is 4.79 Å². The van der Waals surface area contributed by atoms with Gasteiger partial charge in [-0.1, -0.05) is 29.8 Å². The fourth-order valence-corrected chi connectivity index (χ4v) is 3.54. The Bertz CT molecular complexity index is 980. The molecule has 0 saturated carbocycles. The molecule has 5 nitrogen and oxygen atoms in total. The second kappa shape index (κ2) is 9.67. The van der Waals surface area contributed by atoms with Gasteiger partial charge >= 0.3 is 6.61 Å². The van der Waals surface area contributed by atoms with Crippen molar-refractivity contribution < 1.29 is 23.0 Å². The number of nitrogens with one attached hydrogen (secondary N) is 1. The van der Waals surface area contributed by atoms with Gasteiger partial charge in [0.1, 0.15) is 28.0 Å². The van der Waals surface area contributed by atoms with Crippen LogP contribution in [0.15, 0.2) is 48.5 Å². The lowest BCUT2D eigenvalue weighted by molar-refractivity contribution is -0.0504. The maximum absolute atomic E-state index is 12.5. The zero-order chi connectivity index (χ0) is 20.8. The number of thiazole rings is 1. The van der Waals surface area contributed by atoms with Crippen LogP contribution in [0.1, 0.15) is 25.9 Å². The van der Waals surface area contributed by atoms with E-state index in [2.05, 4.69) is 15.0 Å². The topological polar surface area (TPSA) is 60.5 Å². The Hall–Kier alpha value is -2.71. The third-order valence-corrected chi connectivity index (χ3v) is 5.23. The Morgan fingerprint density at radius 2 is 1.93 bits per heavy atom. The van der Waals surface area contributed by atoms with E-state index in [9.17, 15) is 13.6 Å². The first kappa shape index (κ1) is 21.0. The maximum Gasteiger partial charge on any atom is 0.387 e. The molecule has 0 atom stereocenters. The summed E-state index contributed by atoms with van der Waals surface area (Å²) in [4.78, 5) is 17.3. The van der Waals surface area contributed by atoms with E-state index in [0.717, 1.165) is 0 Å². The van der Waals surface area contributed by atoms with Crippen LogP contribution in [0.3, 0.4) is 0 Å². The molecule has 0 radical (unpaired) electrons. The SMILES string of the molecule is Cc1nc(COc2ccc(Cl)cc2)sc1C(=O)NCc1ccccc1OC(F)F. The molecular weight excluding hydrogens is 422 g/mol. The molecular formula is C20H17ClF2N2O3S. The Balaban J connectivity index is 1.61. The van der Waals surface area contributed by atoms with Crippen LogP contribution < -0.4 is 14.8 Å². The molecule has 2 aromatic carbocycles. The Kier molecular flexibility index (Phi) is 7.00. The number of hydrogen-bond donors (Lipinski definition) is 1. The largest absolute Gasteiger partial charge is 0.486 e. The summed E-state index contributed by atoms with van der Waals surface area (Å²) >= 11 is 7.06. The Morgan fingerprint density at radius 1 is 1.21 bits per heavy atom. The molecule has 0 unspecified atom stereocenters. The van der Waals surface area contributed by atoms with E-state index in [1.807, 2.05) is 0 Å². The Labute approximate surface area is 175 Å². The number of nitrogens with zero attached hydrogens (tertiary/aromatic N) is 1. The number of benzene rings is 2. The second-order valence-corrected chi connectivity index (χ2v) is 7.45. The lowest BCUT2D eigenvalue weighted by atomic mass is 10.2. The van der Waals surface area contributed by atoms with Gasteiger partial charge in [0.2, 0.25) is 0 Å². The van der Waals surface area contributed by atoms with E-state index >= 15 is 0 Å². The molecule has 0 aliphatic heterocycles. The number of ether oxygens (including phenoxy) is 2. The molecule has 29 heavy (non-hydrogen) atoms. The number of aromatic nitrogens is 1. The van der Waals surface area contributed by atoms with Gasteiger partial charge in [-0.25, -0.2) is 4.98 Å². The smallest absolute Gasteiger partial charge is 0.387 e. The number of alkyl halides is 2. The van der Waals surface area contributed by atoms with Crippen molar-refractivity contribution in [1.82, 2.24) is 10.3 Å². The van der Waals surface area contributed by atoms with Gasteiger partial charge in [-0.05, 0) is 37.3 Å². The van der Waals surface area contributed by atoms with Gasteiger partial charge in [0, 0.05) is 17.1 Å². The molecule has 9 heteroatoms. The minimum absolute atomic E-state index is 0.0286. The number of carbonyl (C=O) groups excluding carboxylic acids is 1. The fourth-order valence-electron chi connectivity index (χ4n) is 2.52. The van der Waals surface area contributed by atoms with Crippen molar-refractivity contribution in [3.05, 3.63) is 74.7 Å². The molecule has 0 spiro atoms. The number of hydrogen-bond acceptors (Lipinski definition) is 5. The molecule has 0 bridgehead atoms. The maximum atomic E-state index is 12.5. The van der Waals surface area contributed by atoms with E-state index < -0.39 is 6.61 Å². The molecule has 0 saturated heterocycles. The summed E-state index contributed by atoms with van der Waals surface area (Å²) in [7, 11) is 0. The summed E-state index contributed by atoms with van der Waals surface area (Å²) in [5, 5.41) is 3.97. The summed E-state index contributed by atoms with van der Waals surface area (Å²) in [5.74, 6) is 0.328. The molecule has 1 aromatic heterocycles. The van der Waals surface area contributed by atoms with E-state index in [-0.39, 0.29) is 24.8 Å². The zero-order valence-corrected chi connectivity index (χ0v) is 16.9. The molecule has 0 aliphatic carbocycles. The number of halogens is 3. The molecule has 152 valence electrons. The van der Waals surface area contributed by atoms with Gasteiger partial charge in [0.05, 0.1) is 5.69 Å². The molecule has 1 heterocycles. The van der Waals surface area contributed by atoms with Crippen molar-refractivity contribution >= 4 is 28.8 Å². The van der Waals surface area contributed by atoms with Crippen LogP contribution in [0.2, 0.25) is 5.02 Å². The van der Waals surface area contributed by atoms with E-state index in [1.54, 1.807) is 49.4 Å². The van der Waals surface area contributed by atoms with Crippen molar-refractivity contribution in [2.24, 2.45) is 0 Å².